The van der Waals surface area contributed by atoms with Crippen LogP contribution in [0, 0.1) is 6.92 Å². The van der Waals surface area contributed by atoms with E-state index in [4.69, 9.17) is 0 Å². The lowest BCUT2D eigenvalue weighted by Crippen LogP contribution is -2.39. The minimum Gasteiger partial charge on any atom is -0.324 e. The van der Waals surface area contributed by atoms with E-state index in [1.807, 2.05) is 79.7 Å². The molecule has 4 heteroatoms. The van der Waals surface area contributed by atoms with Gasteiger partial charge in [-0.05, 0) is 30.5 Å². The van der Waals surface area contributed by atoms with Crippen molar-refractivity contribution in [3.63, 3.8) is 0 Å². The zero-order chi connectivity index (χ0) is 20.2. The van der Waals surface area contributed by atoms with Crippen molar-refractivity contribution >= 4 is 17.5 Å². The number of carbonyl (C=O) groups is 2. The number of nitrogens with one attached hydrogen (secondary N) is 1. The molecule has 0 aliphatic carbocycles. The molecule has 4 nitrogen and oxygen atoms in total. The Bertz CT molecular complexity index is 1020. The fourth-order valence-corrected chi connectivity index (χ4v) is 3.89. The van der Waals surface area contributed by atoms with Crippen LogP contribution in [-0.4, -0.2) is 23.3 Å². The molecule has 0 fully saturated rings. The van der Waals surface area contributed by atoms with E-state index in [1.165, 1.54) is 0 Å². The summed E-state index contributed by atoms with van der Waals surface area (Å²) in [6.45, 7) is 2.07. The molecule has 1 aliphatic rings. The van der Waals surface area contributed by atoms with Crippen LogP contribution in [0.1, 0.15) is 34.7 Å². The second kappa shape index (κ2) is 8.31. The first kappa shape index (κ1) is 18.9. The summed E-state index contributed by atoms with van der Waals surface area (Å²) < 4.78 is 0. The molecule has 0 radical (unpaired) electrons. The summed E-state index contributed by atoms with van der Waals surface area (Å²) >= 11 is 0. The number of rotatable bonds is 4. The molecule has 3 aromatic rings. The molecule has 0 saturated carbocycles. The summed E-state index contributed by atoms with van der Waals surface area (Å²) in [7, 11) is 0. The molecule has 4 rings (SSSR count). The van der Waals surface area contributed by atoms with Crippen LogP contribution in [0.4, 0.5) is 5.69 Å². The lowest BCUT2D eigenvalue weighted by Gasteiger charge is -2.31. The molecule has 3 aromatic carbocycles. The molecular weight excluding hydrogens is 360 g/mol. The third kappa shape index (κ3) is 4.21. The molecule has 0 spiro atoms. The Kier molecular flexibility index (Phi) is 5.43. The number of fused-ring (bicyclic) bond motifs is 1. The van der Waals surface area contributed by atoms with Crippen molar-refractivity contribution in [2.45, 2.75) is 25.8 Å². The number of hydrogen-bond acceptors (Lipinski definition) is 2. The third-order valence-corrected chi connectivity index (χ3v) is 5.31. The van der Waals surface area contributed by atoms with Crippen LogP contribution in [0.15, 0.2) is 78.9 Å². The van der Waals surface area contributed by atoms with Gasteiger partial charge in [0.1, 0.15) is 6.54 Å². The second-order valence-corrected chi connectivity index (χ2v) is 7.46. The van der Waals surface area contributed by atoms with Gasteiger partial charge in [-0.15, -0.1) is 0 Å². The zero-order valence-corrected chi connectivity index (χ0v) is 16.5. The molecule has 29 heavy (non-hydrogen) atoms. The third-order valence-electron chi connectivity index (χ3n) is 5.31. The topological polar surface area (TPSA) is 49.4 Å². The Hall–Kier alpha value is -3.40. The molecule has 1 heterocycles. The van der Waals surface area contributed by atoms with Crippen molar-refractivity contribution in [1.29, 1.82) is 0 Å². The van der Waals surface area contributed by atoms with E-state index in [9.17, 15) is 9.59 Å². The maximum absolute atomic E-state index is 13.3. The lowest BCUT2D eigenvalue weighted by atomic mass is 9.94. The molecule has 0 saturated heterocycles. The molecule has 2 amide bonds. The highest BCUT2D eigenvalue weighted by Gasteiger charge is 2.33. The highest BCUT2D eigenvalue weighted by Crippen LogP contribution is 2.36. The summed E-state index contributed by atoms with van der Waals surface area (Å²) in [6.07, 6.45) is 1.02. The molecule has 146 valence electrons. The number of benzene rings is 3. The fraction of sp³-hybridized carbons (Fsp3) is 0.200. The fourth-order valence-electron chi connectivity index (χ4n) is 3.89. The van der Waals surface area contributed by atoms with Crippen molar-refractivity contribution in [3.05, 3.63) is 101 Å². The Balaban J connectivity index is 1.71. The van der Waals surface area contributed by atoms with Crippen molar-refractivity contribution in [1.82, 2.24) is 4.90 Å². The van der Waals surface area contributed by atoms with Crippen molar-refractivity contribution < 1.29 is 9.59 Å². The van der Waals surface area contributed by atoms with Crippen LogP contribution in [0.3, 0.4) is 0 Å². The summed E-state index contributed by atoms with van der Waals surface area (Å²) in [6, 6.07) is 25.6. The van der Waals surface area contributed by atoms with Crippen LogP contribution >= 0.6 is 0 Å². The molecule has 0 unspecified atom stereocenters. The maximum atomic E-state index is 13.3. The van der Waals surface area contributed by atoms with Gasteiger partial charge in [-0.1, -0.05) is 78.4 Å². The van der Waals surface area contributed by atoms with E-state index in [-0.39, 0.29) is 24.4 Å². The van der Waals surface area contributed by atoms with Gasteiger partial charge in [0.05, 0.1) is 6.04 Å². The molecule has 1 N–H and O–H groups in total. The Morgan fingerprint density at radius 2 is 1.69 bits per heavy atom. The largest absolute Gasteiger partial charge is 0.324 e. The first-order valence-corrected chi connectivity index (χ1v) is 9.90. The molecule has 0 aromatic heterocycles. The average molecular weight is 384 g/mol. The van der Waals surface area contributed by atoms with Gasteiger partial charge in [-0.3, -0.25) is 9.59 Å². The first-order chi connectivity index (χ1) is 14.1. The molecule has 1 atom stereocenters. The van der Waals surface area contributed by atoms with E-state index in [0.717, 1.165) is 27.9 Å². The van der Waals surface area contributed by atoms with Gasteiger partial charge in [0.25, 0.3) is 0 Å². The van der Waals surface area contributed by atoms with Crippen LogP contribution < -0.4 is 5.32 Å². The van der Waals surface area contributed by atoms with Crippen LogP contribution in [0.5, 0.6) is 0 Å². The molecule has 1 aliphatic heterocycles. The van der Waals surface area contributed by atoms with Gasteiger partial charge in [0, 0.05) is 17.7 Å². The summed E-state index contributed by atoms with van der Waals surface area (Å²) in [5, 5.41) is 2.98. The summed E-state index contributed by atoms with van der Waals surface area (Å²) in [4.78, 5) is 27.6. The predicted molar refractivity (Wildman–Crippen MR) is 115 cm³/mol. The van der Waals surface area contributed by atoms with Gasteiger partial charge in [-0.25, -0.2) is 0 Å². The van der Waals surface area contributed by atoms with Gasteiger partial charge in [0.15, 0.2) is 0 Å². The van der Waals surface area contributed by atoms with Crippen molar-refractivity contribution in [2.24, 2.45) is 0 Å². The van der Waals surface area contributed by atoms with E-state index >= 15 is 0 Å². The minimum atomic E-state index is -0.298. The normalized spacial score (nSPS) is 16.0. The van der Waals surface area contributed by atoms with Gasteiger partial charge < -0.3 is 10.2 Å². The second-order valence-electron chi connectivity index (χ2n) is 7.46. The standard InChI is InChI=1S/C25H24N2O2/c1-18-12-14-22-21(16-18)25(20-10-6-3-7-11-20)27(17-23(28)26-22)24(29)15-13-19-8-4-2-5-9-19/h2-12,14,16,25H,13,15,17H2,1H3,(H,26,28)/t25-/m0/s1. The predicted octanol–water partition coefficient (Wildman–Crippen LogP) is 4.50. The number of carbonyl (C=O) groups excluding carboxylic acids is 2. The highest BCUT2D eigenvalue weighted by atomic mass is 16.2. The van der Waals surface area contributed by atoms with Crippen LogP contribution in [0.2, 0.25) is 0 Å². The van der Waals surface area contributed by atoms with Crippen molar-refractivity contribution in [2.75, 3.05) is 11.9 Å². The van der Waals surface area contributed by atoms with Crippen molar-refractivity contribution in [3.8, 4) is 0 Å². The van der Waals surface area contributed by atoms with E-state index in [2.05, 4.69) is 11.4 Å². The van der Waals surface area contributed by atoms with Crippen LogP contribution in [-0.2, 0) is 16.0 Å². The number of nitrogens with zero attached hydrogens (tertiary/aromatic N) is 1. The maximum Gasteiger partial charge on any atom is 0.244 e. The van der Waals surface area contributed by atoms with Crippen LogP contribution in [0.25, 0.3) is 0 Å². The molecule has 0 bridgehead atoms. The SMILES string of the molecule is Cc1ccc2c(c1)[C@H](c1ccccc1)N(C(=O)CCc1ccccc1)CC(=O)N2. The van der Waals surface area contributed by atoms with E-state index in [1.54, 1.807) is 4.90 Å². The number of hydrogen-bond donors (Lipinski definition) is 1. The van der Waals surface area contributed by atoms with Gasteiger partial charge in [-0.2, -0.15) is 0 Å². The Morgan fingerprint density at radius 3 is 2.41 bits per heavy atom. The van der Waals surface area contributed by atoms with Gasteiger partial charge >= 0.3 is 0 Å². The van der Waals surface area contributed by atoms with E-state index < -0.39 is 0 Å². The van der Waals surface area contributed by atoms with Gasteiger partial charge in [0.2, 0.25) is 11.8 Å². The average Bonchev–Trinajstić information content (AvgIpc) is 2.89. The number of anilines is 1. The lowest BCUT2D eigenvalue weighted by molar-refractivity contribution is -0.136. The quantitative estimate of drug-likeness (QED) is 0.720. The number of aryl methyl sites for hydroxylation is 2. The van der Waals surface area contributed by atoms with E-state index in [0.29, 0.717) is 12.8 Å². The Morgan fingerprint density at radius 1 is 1.00 bits per heavy atom. The zero-order valence-electron chi connectivity index (χ0n) is 16.5. The minimum absolute atomic E-state index is 0.0211. The molecular formula is C25H24N2O2. The smallest absolute Gasteiger partial charge is 0.244 e. The number of amides is 2. The summed E-state index contributed by atoms with van der Waals surface area (Å²) in [5.41, 5.74) is 4.94. The Labute approximate surface area is 171 Å². The summed E-state index contributed by atoms with van der Waals surface area (Å²) in [5.74, 6) is -0.186. The highest BCUT2D eigenvalue weighted by molar-refractivity contribution is 5.97. The first-order valence-electron chi connectivity index (χ1n) is 9.90. The monoisotopic (exact) mass is 384 g/mol.